The number of guanidine groups is 1. The third-order valence-electron chi connectivity index (χ3n) is 15.8. The largest absolute Gasteiger partial charge is 0.481 e. The molecule has 0 saturated carbocycles. The summed E-state index contributed by atoms with van der Waals surface area (Å²) in [6.45, 7) is 6.29. The molecule has 0 spiro atoms. The van der Waals surface area contributed by atoms with Crippen LogP contribution in [0.25, 0.3) is 0 Å². The normalized spacial score (nSPS) is 16.3. The topological polar surface area (TPSA) is 627 Å². The van der Waals surface area contributed by atoms with E-state index in [9.17, 15) is 103 Å². The van der Waals surface area contributed by atoms with Crippen LogP contribution < -0.4 is 76.1 Å². The number of carboxylic acids is 3. The number of aliphatic imine (C=N–C) groups is 1. The van der Waals surface area contributed by atoms with Crippen LogP contribution in [0.4, 0.5) is 0 Å². The number of carbonyl (C=O) groups excluding carboxylic acids is 12. The van der Waals surface area contributed by atoms with Crippen molar-refractivity contribution in [3.8, 4) is 0 Å². The lowest BCUT2D eigenvalue weighted by Gasteiger charge is -2.31. The van der Waals surface area contributed by atoms with Gasteiger partial charge in [0.15, 0.2) is 12.0 Å². The number of hydrogen-bond acceptors (Lipinski definition) is 24. The number of nitrogens with zero attached hydrogens (tertiary/aromatic N) is 2. The summed E-state index contributed by atoms with van der Waals surface area (Å²) >= 11 is 5.37. The number of thiol groups is 1. The number of hydrogen-bond donors (Lipinski definition) is 21. The first-order valence-corrected chi connectivity index (χ1v) is 35.7. The van der Waals surface area contributed by atoms with E-state index in [0.29, 0.717) is 18.4 Å². The Morgan fingerprint density at radius 3 is 1.73 bits per heavy atom. The highest BCUT2D eigenvalue weighted by Gasteiger charge is 2.42. The van der Waals surface area contributed by atoms with Gasteiger partial charge in [-0.05, 0) is 96.1 Å². The van der Waals surface area contributed by atoms with Crippen molar-refractivity contribution in [1.82, 2.24) is 58.1 Å². The van der Waals surface area contributed by atoms with Crippen LogP contribution in [0, 0.1) is 5.92 Å². The number of carbonyl (C=O) groups is 15. The first-order chi connectivity index (χ1) is 49.1. The molecular weight excluding hydrogens is 1410 g/mol. The van der Waals surface area contributed by atoms with E-state index >= 15 is 0 Å². The Bertz CT molecular complexity index is 3080. The summed E-state index contributed by atoms with van der Waals surface area (Å²) in [4.78, 5) is 206. The summed E-state index contributed by atoms with van der Waals surface area (Å²) in [5.74, 6) is -17.3. The number of unbranched alkanes of at least 4 members (excludes halogenated alkanes) is 1. The monoisotopic (exact) mass is 1510 g/mol. The Kier molecular flexibility index (Phi) is 42.2. The smallest absolute Gasteiger partial charge is 0.328 e. The molecule has 1 aliphatic heterocycles. The number of aliphatic carboxylic acids is 3. The fourth-order valence-electron chi connectivity index (χ4n) is 10.3. The number of rotatable bonds is 50. The van der Waals surface area contributed by atoms with Crippen molar-refractivity contribution < 1.29 is 107 Å². The van der Waals surface area contributed by atoms with Gasteiger partial charge in [0.2, 0.25) is 65.0 Å². The van der Waals surface area contributed by atoms with E-state index in [1.807, 2.05) is 6.92 Å². The molecule has 1 saturated heterocycles. The zero-order valence-electron chi connectivity index (χ0n) is 58.9. The Balaban J connectivity index is 2.43. The van der Waals surface area contributed by atoms with Crippen molar-refractivity contribution in [2.45, 2.75) is 209 Å². The van der Waals surface area contributed by atoms with Gasteiger partial charge in [-0.3, -0.25) is 72.1 Å². The lowest BCUT2D eigenvalue weighted by atomic mass is 10.0. The molecular formula is C64H104N16O22S2. The molecule has 1 aliphatic rings. The fraction of sp³-hybridized carbons (Fsp3) is 0.656. The van der Waals surface area contributed by atoms with Gasteiger partial charge >= 0.3 is 23.9 Å². The molecule has 24 N–H and O–H groups in total. The molecule has 1 aromatic carbocycles. The predicted octanol–water partition coefficient (Wildman–Crippen LogP) is -6.19. The summed E-state index contributed by atoms with van der Waals surface area (Å²) in [6.07, 6.45) is -4.81. The second-order valence-electron chi connectivity index (χ2n) is 25.1. The second kappa shape index (κ2) is 48.1. The highest BCUT2D eigenvalue weighted by molar-refractivity contribution is 7.99. The number of aliphatic hydroxyl groups is 3. The highest BCUT2D eigenvalue weighted by Crippen LogP contribution is 2.21. The van der Waals surface area contributed by atoms with Gasteiger partial charge in [0.1, 0.15) is 67.0 Å². The van der Waals surface area contributed by atoms with Crippen LogP contribution in [-0.4, -0.2) is 265 Å². The van der Waals surface area contributed by atoms with Gasteiger partial charge in [0.05, 0.1) is 31.3 Å². The first kappa shape index (κ1) is 91.1. The summed E-state index contributed by atoms with van der Waals surface area (Å²) < 4.78 is 5.08. The van der Waals surface area contributed by atoms with Gasteiger partial charge in [0, 0.05) is 49.6 Å². The van der Waals surface area contributed by atoms with Gasteiger partial charge in [-0.2, -0.15) is 24.4 Å². The number of benzene rings is 1. The van der Waals surface area contributed by atoms with Crippen molar-refractivity contribution in [1.29, 1.82) is 0 Å². The van der Waals surface area contributed by atoms with Crippen LogP contribution in [0.15, 0.2) is 35.3 Å². The molecule has 40 heteroatoms. The zero-order valence-corrected chi connectivity index (χ0v) is 60.6. The van der Waals surface area contributed by atoms with Crippen molar-refractivity contribution in [3.05, 3.63) is 35.9 Å². The lowest BCUT2D eigenvalue weighted by molar-refractivity contribution is -0.145. The van der Waals surface area contributed by atoms with Crippen LogP contribution >= 0.6 is 24.4 Å². The Morgan fingerprint density at radius 2 is 1.15 bits per heavy atom. The molecule has 584 valence electrons. The summed E-state index contributed by atoms with van der Waals surface area (Å²) in [5.41, 5.74) is 23.2. The van der Waals surface area contributed by atoms with Crippen molar-refractivity contribution >= 4 is 119 Å². The molecule has 1 aromatic rings. The minimum absolute atomic E-state index is 0.00557. The number of likely N-dealkylation sites (tertiary alicyclic amines) is 1. The third-order valence-corrected chi connectivity index (χ3v) is 17.3. The average molecular weight is 1510 g/mol. The number of carboxylic acid groups (broad SMARTS) is 3. The standard InChI is InChI=1S/C64H104N16O22S2/c1-6-14-49(88)102-25-26-104-32-37(66)52(89)73-43(29-48(86)87)57(94)77-45(31-103)59(96)75-42(28-36-15-8-7-9-16-36)56(93)74-41(27-33(2)3)55(92)76-44(30-81)58(95)72-40(18-12-23-69-64(67)68)62(99)80-24-13-19-46(80)60(97)78-50(34(4)82)61(98)71-39(20-21-47(84)85)53(90)70-38(17-10-11-22-65)54(91)79-51(35(5)83)63(100)101/h7-9,15-16,33-35,37-46,50-51,81-83,103H,6,10-14,17-32,65-66H2,1-5H3,(H,70,90)(H,71,98)(H,72,95)(H,73,89)(H,74,93)(H,75,96)(H,76,92)(H,77,94)(H,78,97)(H,79,91)(H,84,85)(H,86,87)(H,100,101)(H4,67,68,69)/t34-,35-,37+,38+,39+,40+,41+,42+,43+,44+,45+,46+,50+,51+/m1/s1. The van der Waals surface area contributed by atoms with Gasteiger partial charge < -0.3 is 116 Å². The number of ether oxygens (including phenoxy) is 1. The molecule has 0 bridgehead atoms. The fourth-order valence-corrected chi connectivity index (χ4v) is 11.4. The van der Waals surface area contributed by atoms with E-state index in [2.05, 4.69) is 70.8 Å². The highest BCUT2D eigenvalue weighted by atomic mass is 32.2. The Labute approximate surface area is 611 Å². The maximum atomic E-state index is 14.7. The van der Waals surface area contributed by atoms with Crippen molar-refractivity contribution in [2.24, 2.45) is 33.8 Å². The Hall–Kier alpha value is -8.96. The van der Waals surface area contributed by atoms with E-state index in [4.69, 9.17) is 27.7 Å². The van der Waals surface area contributed by atoms with Crippen molar-refractivity contribution in [2.75, 3.05) is 50.1 Å². The SMILES string of the molecule is CCCC(=O)OCCSC[C@H](N)C(=O)N[C@@H](CC(=O)O)C(=O)N[C@@H](CS)C(=O)N[C@@H](Cc1ccccc1)C(=O)N[C@@H](CC(C)C)C(=O)N[C@@H](CO)C(=O)N[C@@H](CCCN=C(N)N)C(=O)N1CCC[C@H]1C(=O)N[C@H](C(=O)N[C@@H](CCC(=O)O)C(=O)N[C@@H](CCCCN)C(=O)N[C@H](C(=O)O)[C@@H](C)O)[C@@H](C)O. The zero-order chi connectivity index (χ0) is 78.3. The van der Waals surface area contributed by atoms with E-state index in [1.54, 1.807) is 44.2 Å². The van der Waals surface area contributed by atoms with E-state index in [-0.39, 0.29) is 107 Å². The maximum Gasteiger partial charge on any atom is 0.328 e. The van der Waals surface area contributed by atoms with Gasteiger partial charge in [-0.1, -0.05) is 51.1 Å². The molecule has 0 aliphatic carbocycles. The molecule has 0 unspecified atom stereocenters. The molecule has 1 fully saturated rings. The van der Waals surface area contributed by atoms with Crippen LogP contribution in [0.5, 0.6) is 0 Å². The molecule has 14 atom stereocenters. The van der Waals surface area contributed by atoms with Crippen LogP contribution in [-0.2, 0) is 83.1 Å². The number of nitrogens with two attached hydrogens (primary N) is 4. The van der Waals surface area contributed by atoms with Crippen molar-refractivity contribution in [3.63, 3.8) is 0 Å². The third kappa shape index (κ3) is 33.7. The van der Waals surface area contributed by atoms with E-state index in [1.165, 1.54) is 0 Å². The first-order valence-electron chi connectivity index (χ1n) is 34.0. The van der Waals surface area contributed by atoms with Crippen LogP contribution in [0.3, 0.4) is 0 Å². The summed E-state index contributed by atoms with van der Waals surface area (Å²) in [5, 5.41) is 84.2. The van der Waals surface area contributed by atoms with Crippen LogP contribution in [0.1, 0.15) is 124 Å². The number of nitrogens with one attached hydrogen (secondary N) is 10. The molecule has 0 aromatic heterocycles. The van der Waals surface area contributed by atoms with E-state index < -0.39 is 205 Å². The lowest BCUT2D eigenvalue weighted by Crippen LogP contribution is -2.62. The Morgan fingerprint density at radius 1 is 0.625 bits per heavy atom. The molecule has 104 heavy (non-hydrogen) atoms. The number of thioether (sulfide) groups is 1. The summed E-state index contributed by atoms with van der Waals surface area (Å²) in [7, 11) is 0. The average Bonchev–Trinajstić information content (AvgIpc) is 1.42. The molecule has 11 amide bonds. The number of amides is 11. The second-order valence-corrected chi connectivity index (χ2v) is 26.6. The quantitative estimate of drug-likeness (QED) is 0.00949. The molecule has 2 rings (SSSR count). The maximum absolute atomic E-state index is 14.7. The van der Waals surface area contributed by atoms with E-state index in [0.717, 1.165) is 30.5 Å². The number of esters is 1. The minimum atomic E-state index is -1.90. The van der Waals surface area contributed by atoms with Crippen LogP contribution in [0.2, 0.25) is 0 Å². The number of aliphatic hydroxyl groups excluding tert-OH is 3. The van der Waals surface area contributed by atoms with Gasteiger partial charge in [-0.15, -0.1) is 0 Å². The molecule has 38 nitrogen and oxygen atoms in total. The van der Waals surface area contributed by atoms with Gasteiger partial charge in [-0.25, -0.2) is 4.79 Å². The van der Waals surface area contributed by atoms with Gasteiger partial charge in [0.25, 0.3) is 0 Å². The molecule has 0 radical (unpaired) electrons. The summed E-state index contributed by atoms with van der Waals surface area (Å²) in [6, 6.07) is -11.2. The minimum Gasteiger partial charge on any atom is -0.481 e. The predicted molar refractivity (Wildman–Crippen MR) is 379 cm³/mol. The molecule has 1 heterocycles.